The van der Waals surface area contributed by atoms with E-state index in [-0.39, 0.29) is 16.8 Å². The minimum atomic E-state index is -3.63. The van der Waals surface area contributed by atoms with Crippen LogP contribution in [0, 0.1) is 0 Å². The third-order valence-electron chi connectivity index (χ3n) is 5.73. The second kappa shape index (κ2) is 9.57. The van der Waals surface area contributed by atoms with Crippen molar-refractivity contribution < 1.29 is 13.2 Å². The van der Waals surface area contributed by atoms with E-state index in [9.17, 15) is 13.2 Å². The van der Waals surface area contributed by atoms with Gasteiger partial charge in [-0.05, 0) is 66.8 Å². The monoisotopic (exact) mass is 512 g/mol. The van der Waals surface area contributed by atoms with Gasteiger partial charge in [0.25, 0.3) is 0 Å². The summed E-state index contributed by atoms with van der Waals surface area (Å²) in [7, 11) is -3.63. The van der Waals surface area contributed by atoms with E-state index in [0.717, 1.165) is 27.7 Å². The highest BCUT2D eigenvalue weighted by Crippen LogP contribution is 2.31. The molecule has 0 spiro atoms. The summed E-state index contributed by atoms with van der Waals surface area (Å²) in [4.78, 5) is 14.8. The van der Waals surface area contributed by atoms with Crippen molar-refractivity contribution in [2.75, 3.05) is 11.4 Å². The van der Waals surface area contributed by atoms with Gasteiger partial charge in [-0.2, -0.15) is 0 Å². The van der Waals surface area contributed by atoms with Gasteiger partial charge < -0.3 is 4.90 Å². The molecular weight excluding hydrogens is 488 g/mol. The lowest BCUT2D eigenvalue weighted by atomic mass is 10.1. The van der Waals surface area contributed by atoms with Crippen molar-refractivity contribution in [1.29, 1.82) is 0 Å². The summed E-state index contributed by atoms with van der Waals surface area (Å²) in [6, 6.07) is 21.9. The fourth-order valence-corrected chi connectivity index (χ4v) is 5.60. The van der Waals surface area contributed by atoms with Gasteiger partial charge in [0.15, 0.2) is 0 Å². The van der Waals surface area contributed by atoms with Crippen LogP contribution in [0.25, 0.3) is 0 Å². The quantitative estimate of drug-likeness (QED) is 0.483. The first-order valence-electron chi connectivity index (χ1n) is 10.6. The van der Waals surface area contributed by atoms with E-state index in [0.29, 0.717) is 19.4 Å². The van der Waals surface area contributed by atoms with Crippen molar-refractivity contribution in [1.82, 2.24) is 4.72 Å². The van der Waals surface area contributed by atoms with Crippen LogP contribution >= 0.6 is 15.9 Å². The van der Waals surface area contributed by atoms with Gasteiger partial charge in [0.05, 0.1) is 4.90 Å². The zero-order valence-electron chi connectivity index (χ0n) is 17.8. The average molecular weight is 513 g/mol. The Morgan fingerprint density at radius 1 is 1.06 bits per heavy atom. The van der Waals surface area contributed by atoms with Crippen molar-refractivity contribution in [3.8, 4) is 0 Å². The molecule has 0 saturated carbocycles. The lowest BCUT2D eigenvalue weighted by Gasteiger charge is -2.17. The Kier molecular flexibility index (Phi) is 6.79. The number of benzene rings is 3. The minimum Gasteiger partial charge on any atom is -0.312 e. The number of anilines is 1. The van der Waals surface area contributed by atoms with Crippen molar-refractivity contribution in [3.05, 3.63) is 94.0 Å². The predicted octanol–water partition coefficient (Wildman–Crippen LogP) is 5.01. The van der Waals surface area contributed by atoms with E-state index in [2.05, 4.69) is 26.7 Å². The third kappa shape index (κ3) is 5.11. The maximum Gasteiger partial charge on any atom is 0.241 e. The van der Waals surface area contributed by atoms with Crippen molar-refractivity contribution in [2.45, 2.75) is 37.1 Å². The number of aryl methyl sites for hydroxylation is 1. The molecule has 4 rings (SSSR count). The highest BCUT2D eigenvalue weighted by atomic mass is 79.9. The molecule has 0 bridgehead atoms. The largest absolute Gasteiger partial charge is 0.312 e. The number of halogens is 1. The Balaban J connectivity index is 1.36. The number of fused-ring (bicyclic) bond motifs is 1. The molecule has 1 heterocycles. The number of nitrogens with one attached hydrogen (secondary N) is 1. The standard InChI is InChI=1S/C25H25BrN2O3S/c1-18(20-5-3-2-4-6-20)27-32(30,31)23-11-7-19(8-12-23)9-14-25(29)28-16-15-21-17-22(26)10-13-24(21)28/h2-8,10-13,17-18,27H,9,14-16H2,1H3/t18-/m0/s1. The van der Waals surface area contributed by atoms with Gasteiger partial charge in [-0.3, -0.25) is 4.79 Å². The average Bonchev–Trinajstić information content (AvgIpc) is 3.21. The van der Waals surface area contributed by atoms with Crippen LogP contribution in [0.5, 0.6) is 0 Å². The van der Waals surface area contributed by atoms with Crippen LogP contribution in [0.2, 0.25) is 0 Å². The first kappa shape index (κ1) is 22.7. The van der Waals surface area contributed by atoms with Crippen LogP contribution in [0.4, 0.5) is 5.69 Å². The van der Waals surface area contributed by atoms with Gasteiger partial charge in [0.1, 0.15) is 0 Å². The highest BCUT2D eigenvalue weighted by molar-refractivity contribution is 9.10. The van der Waals surface area contributed by atoms with E-state index in [1.807, 2.05) is 54.3 Å². The normalized spacial score (nSPS) is 14.2. The Labute approximate surface area is 197 Å². The summed E-state index contributed by atoms with van der Waals surface area (Å²) in [5, 5.41) is 0. The molecule has 7 heteroatoms. The molecule has 1 aliphatic heterocycles. The first-order valence-corrected chi connectivity index (χ1v) is 12.9. The molecule has 5 nitrogen and oxygen atoms in total. The van der Waals surface area contributed by atoms with Crippen LogP contribution in [-0.4, -0.2) is 20.9 Å². The van der Waals surface area contributed by atoms with Gasteiger partial charge >= 0.3 is 0 Å². The van der Waals surface area contributed by atoms with Gasteiger partial charge in [-0.1, -0.05) is 58.4 Å². The lowest BCUT2D eigenvalue weighted by molar-refractivity contribution is -0.118. The zero-order chi connectivity index (χ0) is 22.7. The van der Waals surface area contributed by atoms with Crippen LogP contribution in [0.15, 0.2) is 82.2 Å². The predicted molar refractivity (Wildman–Crippen MR) is 130 cm³/mol. The molecule has 1 aliphatic rings. The van der Waals surface area contributed by atoms with Crippen LogP contribution in [0.1, 0.15) is 36.1 Å². The number of rotatable bonds is 7. The van der Waals surface area contributed by atoms with E-state index >= 15 is 0 Å². The Bertz CT molecular complexity index is 1210. The maximum absolute atomic E-state index is 12.8. The van der Waals surface area contributed by atoms with Crippen molar-refractivity contribution >= 4 is 37.5 Å². The minimum absolute atomic E-state index is 0.0844. The molecule has 1 N–H and O–H groups in total. The molecule has 0 aliphatic carbocycles. The SMILES string of the molecule is C[C@H](NS(=O)(=O)c1ccc(CCC(=O)N2CCc3cc(Br)ccc32)cc1)c1ccccc1. The summed E-state index contributed by atoms with van der Waals surface area (Å²) in [6.45, 7) is 2.52. The summed E-state index contributed by atoms with van der Waals surface area (Å²) in [5.41, 5.74) is 4.00. The topological polar surface area (TPSA) is 66.5 Å². The van der Waals surface area contributed by atoms with E-state index in [1.165, 1.54) is 5.56 Å². The number of nitrogens with zero attached hydrogens (tertiary/aromatic N) is 1. The Morgan fingerprint density at radius 3 is 2.50 bits per heavy atom. The fraction of sp³-hybridized carbons (Fsp3) is 0.240. The summed E-state index contributed by atoms with van der Waals surface area (Å²) < 4.78 is 29.2. The number of hydrogen-bond donors (Lipinski definition) is 1. The summed E-state index contributed by atoms with van der Waals surface area (Å²) in [5.74, 6) is 0.0844. The second-order valence-electron chi connectivity index (χ2n) is 7.97. The van der Waals surface area contributed by atoms with E-state index < -0.39 is 10.0 Å². The van der Waals surface area contributed by atoms with Crippen LogP contribution in [0.3, 0.4) is 0 Å². The molecule has 3 aromatic rings. The fourth-order valence-electron chi connectivity index (χ4n) is 3.96. The number of hydrogen-bond acceptors (Lipinski definition) is 3. The first-order chi connectivity index (χ1) is 15.3. The molecule has 0 saturated heterocycles. The number of carbonyl (C=O) groups is 1. The Hall–Kier alpha value is -2.48. The third-order valence-corrected chi connectivity index (χ3v) is 7.78. The van der Waals surface area contributed by atoms with E-state index in [1.54, 1.807) is 24.3 Å². The van der Waals surface area contributed by atoms with Crippen LogP contribution in [-0.2, 0) is 27.7 Å². The molecule has 1 amide bonds. The molecule has 0 fully saturated rings. The van der Waals surface area contributed by atoms with Gasteiger partial charge in [0.2, 0.25) is 15.9 Å². The lowest BCUT2D eigenvalue weighted by Crippen LogP contribution is -2.29. The smallest absolute Gasteiger partial charge is 0.241 e. The molecule has 1 atom stereocenters. The van der Waals surface area contributed by atoms with Gasteiger partial charge in [0, 0.05) is 29.2 Å². The summed E-state index contributed by atoms with van der Waals surface area (Å²) >= 11 is 3.48. The highest BCUT2D eigenvalue weighted by Gasteiger charge is 2.24. The molecule has 32 heavy (non-hydrogen) atoms. The molecule has 3 aromatic carbocycles. The molecule has 166 valence electrons. The maximum atomic E-state index is 12.8. The molecule has 0 unspecified atom stereocenters. The molecular formula is C25H25BrN2O3S. The van der Waals surface area contributed by atoms with Crippen molar-refractivity contribution in [3.63, 3.8) is 0 Å². The van der Waals surface area contributed by atoms with Gasteiger partial charge in [-0.25, -0.2) is 13.1 Å². The summed E-state index contributed by atoms with van der Waals surface area (Å²) in [6.07, 6.45) is 1.81. The Morgan fingerprint density at radius 2 is 1.78 bits per heavy atom. The molecule has 0 radical (unpaired) electrons. The second-order valence-corrected chi connectivity index (χ2v) is 10.6. The van der Waals surface area contributed by atoms with E-state index in [4.69, 9.17) is 0 Å². The number of carbonyl (C=O) groups excluding carboxylic acids is 1. The van der Waals surface area contributed by atoms with Crippen LogP contribution < -0.4 is 9.62 Å². The zero-order valence-corrected chi connectivity index (χ0v) is 20.2. The van der Waals surface area contributed by atoms with Gasteiger partial charge in [-0.15, -0.1) is 0 Å². The molecule has 0 aromatic heterocycles. The number of sulfonamides is 1. The number of amides is 1. The van der Waals surface area contributed by atoms with Crippen molar-refractivity contribution in [2.24, 2.45) is 0 Å².